The molecule has 0 spiro atoms. The van der Waals surface area contributed by atoms with E-state index in [9.17, 15) is 13.6 Å². The van der Waals surface area contributed by atoms with E-state index < -0.39 is 17.5 Å². The molecule has 2 unspecified atom stereocenters. The lowest BCUT2D eigenvalue weighted by molar-refractivity contribution is 0.0932. The van der Waals surface area contributed by atoms with Crippen LogP contribution in [0.3, 0.4) is 0 Å². The molecule has 2 atom stereocenters. The van der Waals surface area contributed by atoms with Gasteiger partial charge in [-0.15, -0.1) is 0 Å². The summed E-state index contributed by atoms with van der Waals surface area (Å²) in [5, 5.41) is 3.73. The summed E-state index contributed by atoms with van der Waals surface area (Å²) < 4.78 is 26.9. The Labute approximate surface area is 132 Å². The Kier molecular flexibility index (Phi) is 5.73. The molecule has 1 saturated carbocycles. The summed E-state index contributed by atoms with van der Waals surface area (Å²) in [5.41, 5.74) is 0.192. The first kappa shape index (κ1) is 16.4. The second-order valence-electron chi connectivity index (χ2n) is 5.75. The van der Waals surface area contributed by atoms with Gasteiger partial charge in [-0.05, 0) is 43.2 Å². The third-order valence-electron chi connectivity index (χ3n) is 4.28. The quantitative estimate of drug-likeness (QED) is 0.801. The number of benzene rings is 1. The normalized spacial score (nSPS) is 22.1. The SMILES string of the molecule is Cc1cc(C(=O)NCC2CCCCC2CBr)c(F)cc1F. The van der Waals surface area contributed by atoms with Gasteiger partial charge in [0.2, 0.25) is 0 Å². The molecule has 2 nitrogen and oxygen atoms in total. The number of rotatable bonds is 4. The average molecular weight is 360 g/mol. The molecule has 5 heteroatoms. The topological polar surface area (TPSA) is 29.1 Å². The highest BCUT2D eigenvalue weighted by Crippen LogP contribution is 2.30. The Morgan fingerprint density at radius 3 is 2.57 bits per heavy atom. The molecule has 0 aromatic heterocycles. The van der Waals surface area contributed by atoms with Crippen LogP contribution in [-0.2, 0) is 0 Å². The van der Waals surface area contributed by atoms with E-state index in [-0.39, 0.29) is 11.1 Å². The number of carbonyl (C=O) groups excluding carboxylic acids is 1. The minimum atomic E-state index is -0.809. The Balaban J connectivity index is 2.00. The van der Waals surface area contributed by atoms with Crippen LogP contribution in [-0.4, -0.2) is 17.8 Å². The van der Waals surface area contributed by atoms with Crippen molar-refractivity contribution in [3.05, 3.63) is 34.9 Å². The molecule has 1 amide bonds. The van der Waals surface area contributed by atoms with Crippen LogP contribution in [0, 0.1) is 30.4 Å². The number of nitrogens with one attached hydrogen (secondary N) is 1. The van der Waals surface area contributed by atoms with E-state index in [1.54, 1.807) is 0 Å². The Morgan fingerprint density at radius 2 is 1.90 bits per heavy atom. The Morgan fingerprint density at radius 1 is 1.24 bits per heavy atom. The van der Waals surface area contributed by atoms with Crippen molar-refractivity contribution in [1.29, 1.82) is 0 Å². The van der Waals surface area contributed by atoms with Gasteiger partial charge < -0.3 is 5.32 Å². The van der Waals surface area contributed by atoms with Gasteiger partial charge in [0, 0.05) is 17.9 Å². The summed E-state index contributed by atoms with van der Waals surface area (Å²) in [6.07, 6.45) is 4.65. The van der Waals surface area contributed by atoms with Gasteiger partial charge in [0.25, 0.3) is 5.91 Å². The highest BCUT2D eigenvalue weighted by atomic mass is 79.9. The van der Waals surface area contributed by atoms with Gasteiger partial charge in [-0.2, -0.15) is 0 Å². The first-order chi connectivity index (χ1) is 10.0. The number of alkyl halides is 1. The van der Waals surface area contributed by atoms with Gasteiger partial charge in [-0.1, -0.05) is 28.8 Å². The van der Waals surface area contributed by atoms with E-state index >= 15 is 0 Å². The van der Waals surface area contributed by atoms with Crippen molar-refractivity contribution >= 4 is 21.8 Å². The summed E-state index contributed by atoms with van der Waals surface area (Å²) >= 11 is 3.52. The van der Waals surface area contributed by atoms with Crippen LogP contribution < -0.4 is 5.32 Å². The highest BCUT2D eigenvalue weighted by molar-refractivity contribution is 9.09. The van der Waals surface area contributed by atoms with Crippen LogP contribution >= 0.6 is 15.9 Å². The van der Waals surface area contributed by atoms with E-state index in [0.717, 1.165) is 24.2 Å². The van der Waals surface area contributed by atoms with Crippen molar-refractivity contribution in [3.63, 3.8) is 0 Å². The molecular formula is C16H20BrF2NO. The summed E-state index contributed by atoms with van der Waals surface area (Å²) in [6.45, 7) is 2.07. The third-order valence-corrected chi connectivity index (χ3v) is 5.11. The number of amides is 1. The largest absolute Gasteiger partial charge is 0.352 e. The predicted molar refractivity (Wildman–Crippen MR) is 82.7 cm³/mol. The molecule has 21 heavy (non-hydrogen) atoms. The number of aryl methyl sites for hydroxylation is 1. The molecule has 1 aromatic rings. The molecule has 1 aromatic carbocycles. The molecule has 0 saturated heterocycles. The monoisotopic (exact) mass is 359 g/mol. The van der Waals surface area contributed by atoms with E-state index in [1.807, 2.05) is 0 Å². The lowest BCUT2D eigenvalue weighted by Gasteiger charge is -2.30. The second-order valence-corrected chi connectivity index (χ2v) is 6.40. The fourth-order valence-electron chi connectivity index (χ4n) is 2.91. The summed E-state index contributed by atoms with van der Waals surface area (Å²) in [6, 6.07) is 2.04. The molecule has 1 aliphatic rings. The fourth-order valence-corrected chi connectivity index (χ4v) is 3.76. The van der Waals surface area contributed by atoms with Crippen molar-refractivity contribution in [2.24, 2.45) is 11.8 Å². The van der Waals surface area contributed by atoms with Crippen LogP contribution in [0.1, 0.15) is 41.6 Å². The molecule has 0 heterocycles. The maximum absolute atomic E-state index is 13.7. The van der Waals surface area contributed by atoms with Crippen LogP contribution in [0.25, 0.3) is 0 Å². The lowest BCUT2D eigenvalue weighted by atomic mass is 9.80. The summed E-state index contributed by atoms with van der Waals surface area (Å²) in [7, 11) is 0. The van der Waals surface area contributed by atoms with E-state index in [0.29, 0.717) is 18.4 Å². The molecule has 116 valence electrons. The van der Waals surface area contributed by atoms with Crippen molar-refractivity contribution in [2.75, 3.05) is 11.9 Å². The minimum Gasteiger partial charge on any atom is -0.352 e. The fraction of sp³-hybridized carbons (Fsp3) is 0.562. The van der Waals surface area contributed by atoms with Crippen LogP contribution in [0.15, 0.2) is 12.1 Å². The molecule has 1 N–H and O–H groups in total. The smallest absolute Gasteiger partial charge is 0.254 e. The number of hydrogen-bond donors (Lipinski definition) is 1. The van der Waals surface area contributed by atoms with Crippen molar-refractivity contribution in [1.82, 2.24) is 5.32 Å². The molecule has 1 fully saturated rings. The molecular weight excluding hydrogens is 340 g/mol. The van der Waals surface area contributed by atoms with Gasteiger partial charge in [-0.25, -0.2) is 8.78 Å². The average Bonchev–Trinajstić information content (AvgIpc) is 2.48. The van der Waals surface area contributed by atoms with E-state index in [2.05, 4.69) is 21.2 Å². The summed E-state index contributed by atoms with van der Waals surface area (Å²) in [5.74, 6) is -0.924. The first-order valence-electron chi connectivity index (χ1n) is 7.32. The van der Waals surface area contributed by atoms with Crippen LogP contribution in [0.5, 0.6) is 0 Å². The number of carbonyl (C=O) groups is 1. The van der Waals surface area contributed by atoms with Crippen molar-refractivity contribution in [2.45, 2.75) is 32.6 Å². The summed E-state index contributed by atoms with van der Waals surface area (Å²) in [4.78, 5) is 12.1. The zero-order chi connectivity index (χ0) is 15.4. The van der Waals surface area contributed by atoms with Gasteiger partial charge >= 0.3 is 0 Å². The predicted octanol–water partition coefficient (Wildman–Crippen LogP) is 4.20. The molecule has 1 aliphatic carbocycles. The zero-order valence-corrected chi connectivity index (χ0v) is 13.7. The van der Waals surface area contributed by atoms with E-state index in [1.165, 1.54) is 25.8 Å². The number of halogens is 3. The van der Waals surface area contributed by atoms with Crippen LogP contribution in [0.4, 0.5) is 8.78 Å². The van der Waals surface area contributed by atoms with Gasteiger partial charge in [0.1, 0.15) is 11.6 Å². The van der Waals surface area contributed by atoms with E-state index in [4.69, 9.17) is 0 Å². The van der Waals surface area contributed by atoms with Gasteiger partial charge in [-0.3, -0.25) is 4.79 Å². The Bertz CT molecular complexity index is 521. The van der Waals surface area contributed by atoms with Gasteiger partial charge in [0.15, 0.2) is 0 Å². The number of hydrogen-bond acceptors (Lipinski definition) is 1. The first-order valence-corrected chi connectivity index (χ1v) is 8.45. The molecule has 2 rings (SSSR count). The minimum absolute atomic E-state index is 0.0832. The zero-order valence-electron chi connectivity index (χ0n) is 12.1. The molecule has 0 aliphatic heterocycles. The van der Waals surface area contributed by atoms with Crippen molar-refractivity contribution in [3.8, 4) is 0 Å². The van der Waals surface area contributed by atoms with Crippen molar-refractivity contribution < 1.29 is 13.6 Å². The highest BCUT2D eigenvalue weighted by Gasteiger charge is 2.25. The maximum Gasteiger partial charge on any atom is 0.254 e. The maximum atomic E-state index is 13.7. The molecule has 0 bridgehead atoms. The second kappa shape index (κ2) is 7.34. The van der Waals surface area contributed by atoms with Gasteiger partial charge in [0.05, 0.1) is 5.56 Å². The van der Waals surface area contributed by atoms with Crippen LogP contribution in [0.2, 0.25) is 0 Å². The third kappa shape index (κ3) is 4.02. The Hall–Kier alpha value is -0.970. The molecule has 0 radical (unpaired) electrons. The lowest BCUT2D eigenvalue weighted by Crippen LogP contribution is -2.35. The standard InChI is InChI=1S/C16H20BrF2NO/c1-10-6-13(15(19)7-14(10)18)16(21)20-9-12-5-3-2-4-11(12)8-17/h6-7,11-12H,2-5,8-9H2,1H3,(H,20,21).